The molecule has 1 heterocycles. The normalized spacial score (nSPS) is 16.8. The van der Waals surface area contributed by atoms with Gasteiger partial charge in [-0.3, -0.25) is 4.90 Å². The van der Waals surface area contributed by atoms with Gasteiger partial charge in [0.2, 0.25) is 10.0 Å². The molecule has 1 aliphatic heterocycles. The number of nitrogens with zero attached hydrogens (tertiary/aromatic N) is 3. The van der Waals surface area contributed by atoms with Crippen LogP contribution in [0.15, 0.2) is 29.2 Å². The van der Waals surface area contributed by atoms with E-state index in [1.54, 1.807) is 6.92 Å². The molecule has 1 saturated heterocycles. The Bertz CT molecular complexity index is 767. The van der Waals surface area contributed by atoms with Gasteiger partial charge >= 0.3 is 6.18 Å². The van der Waals surface area contributed by atoms with Crippen molar-refractivity contribution in [2.24, 2.45) is 0 Å². The number of sulfonamides is 1. The highest BCUT2D eigenvalue weighted by atomic mass is 32.2. The first kappa shape index (κ1) is 26.1. The monoisotopic (exact) mass is 465 g/mol. The van der Waals surface area contributed by atoms with E-state index in [1.807, 2.05) is 0 Å². The minimum Gasteiger partial charge on any atom is -0.395 e. The van der Waals surface area contributed by atoms with Crippen LogP contribution in [0, 0.1) is 0 Å². The Kier molecular flexibility index (Phi) is 10.2. The van der Waals surface area contributed by atoms with Crippen LogP contribution >= 0.6 is 0 Å². The molecular weight excluding hydrogens is 431 g/mol. The molecule has 1 aliphatic rings. The Morgan fingerprint density at radius 3 is 2.19 bits per heavy atom. The number of aliphatic hydroxyl groups is 1. The summed E-state index contributed by atoms with van der Waals surface area (Å²) in [5, 5.41) is 8.98. The Balaban J connectivity index is 1.74. The van der Waals surface area contributed by atoms with Crippen molar-refractivity contribution in [2.75, 3.05) is 59.0 Å². The van der Waals surface area contributed by atoms with Crippen LogP contribution in [0.25, 0.3) is 0 Å². The molecule has 0 bridgehead atoms. The average molecular weight is 466 g/mol. The number of alkyl halides is 3. The zero-order valence-corrected chi connectivity index (χ0v) is 19.0. The van der Waals surface area contributed by atoms with Crippen molar-refractivity contribution in [2.45, 2.75) is 43.7 Å². The first-order valence-electron chi connectivity index (χ1n) is 10.9. The van der Waals surface area contributed by atoms with Gasteiger partial charge in [0.25, 0.3) is 0 Å². The lowest BCUT2D eigenvalue weighted by atomic mass is 10.2. The molecule has 6 nitrogen and oxygen atoms in total. The van der Waals surface area contributed by atoms with Crippen LogP contribution in [0.5, 0.6) is 0 Å². The van der Waals surface area contributed by atoms with Gasteiger partial charge in [0.05, 0.1) is 17.1 Å². The Morgan fingerprint density at radius 1 is 1.00 bits per heavy atom. The topological polar surface area (TPSA) is 64.1 Å². The molecule has 1 N–H and O–H groups in total. The Hall–Kier alpha value is -1.20. The third-order valence-electron chi connectivity index (χ3n) is 5.66. The van der Waals surface area contributed by atoms with Crippen molar-refractivity contribution in [3.63, 3.8) is 0 Å². The lowest BCUT2D eigenvalue weighted by Crippen LogP contribution is -2.47. The largest absolute Gasteiger partial charge is 0.416 e. The molecule has 0 atom stereocenters. The van der Waals surface area contributed by atoms with Crippen molar-refractivity contribution < 1.29 is 26.7 Å². The van der Waals surface area contributed by atoms with Gasteiger partial charge in [-0.05, 0) is 37.6 Å². The van der Waals surface area contributed by atoms with Crippen LogP contribution in [0.4, 0.5) is 13.2 Å². The third kappa shape index (κ3) is 8.02. The van der Waals surface area contributed by atoms with Crippen molar-refractivity contribution in [3.8, 4) is 0 Å². The maximum atomic E-state index is 12.9. The van der Waals surface area contributed by atoms with E-state index in [0.717, 1.165) is 70.7 Å². The molecular formula is C21H34F3N3O3S. The molecule has 0 aromatic heterocycles. The summed E-state index contributed by atoms with van der Waals surface area (Å²) in [6.45, 7) is 8.08. The maximum absolute atomic E-state index is 12.9. The van der Waals surface area contributed by atoms with E-state index in [0.29, 0.717) is 19.0 Å². The lowest BCUT2D eigenvalue weighted by Gasteiger charge is -2.34. The zero-order chi connectivity index (χ0) is 22.9. The number of rotatable bonds is 12. The second kappa shape index (κ2) is 12.2. The highest BCUT2D eigenvalue weighted by Crippen LogP contribution is 2.31. The summed E-state index contributed by atoms with van der Waals surface area (Å²) in [7, 11) is -3.95. The Morgan fingerprint density at radius 2 is 1.61 bits per heavy atom. The summed E-state index contributed by atoms with van der Waals surface area (Å²) >= 11 is 0. The molecule has 178 valence electrons. The number of aliphatic hydroxyl groups excluding tert-OH is 1. The summed E-state index contributed by atoms with van der Waals surface area (Å²) < 4.78 is 65.6. The van der Waals surface area contributed by atoms with E-state index in [1.165, 1.54) is 10.4 Å². The van der Waals surface area contributed by atoms with Crippen molar-refractivity contribution >= 4 is 10.0 Å². The van der Waals surface area contributed by atoms with Gasteiger partial charge in [-0.25, -0.2) is 8.42 Å². The van der Waals surface area contributed by atoms with Gasteiger partial charge in [-0.2, -0.15) is 17.5 Å². The van der Waals surface area contributed by atoms with E-state index in [2.05, 4.69) is 9.80 Å². The summed E-state index contributed by atoms with van der Waals surface area (Å²) in [5.41, 5.74) is -0.957. The van der Waals surface area contributed by atoms with Crippen LogP contribution in [-0.4, -0.2) is 86.6 Å². The van der Waals surface area contributed by atoms with E-state index in [4.69, 9.17) is 5.11 Å². The molecule has 1 aromatic rings. The second-order valence-electron chi connectivity index (χ2n) is 7.84. The zero-order valence-electron chi connectivity index (χ0n) is 18.1. The predicted octanol–water partition coefficient (Wildman–Crippen LogP) is 2.89. The van der Waals surface area contributed by atoms with Gasteiger partial charge in [0.1, 0.15) is 0 Å². The number of benzene rings is 1. The van der Waals surface area contributed by atoms with Gasteiger partial charge < -0.3 is 10.0 Å². The minimum absolute atomic E-state index is 0.193. The standard InChI is InChI=1S/C21H34F3N3O3S/c1-2-27(31(29,30)20-9-7-8-19(18-20)21(22,23)24)11-6-4-3-5-10-25-12-14-26(15-13-25)16-17-28/h7-9,18,28H,2-6,10-17H2,1H3. The van der Waals surface area contributed by atoms with Crippen LogP contribution < -0.4 is 0 Å². The lowest BCUT2D eigenvalue weighted by molar-refractivity contribution is -0.137. The van der Waals surface area contributed by atoms with Gasteiger partial charge in [-0.15, -0.1) is 0 Å². The van der Waals surface area contributed by atoms with E-state index < -0.39 is 21.8 Å². The molecule has 0 radical (unpaired) electrons. The van der Waals surface area contributed by atoms with Crippen LogP contribution in [0.2, 0.25) is 0 Å². The van der Waals surface area contributed by atoms with Crippen LogP contribution in [0.3, 0.4) is 0 Å². The number of piperazine rings is 1. The van der Waals surface area contributed by atoms with E-state index in [-0.39, 0.29) is 18.0 Å². The molecule has 0 amide bonds. The van der Waals surface area contributed by atoms with E-state index >= 15 is 0 Å². The molecule has 1 fully saturated rings. The molecule has 0 aliphatic carbocycles. The first-order chi connectivity index (χ1) is 14.7. The fourth-order valence-corrected chi connectivity index (χ4v) is 5.32. The quantitative estimate of drug-likeness (QED) is 0.481. The summed E-state index contributed by atoms with van der Waals surface area (Å²) in [4.78, 5) is 4.34. The smallest absolute Gasteiger partial charge is 0.395 e. The molecule has 0 saturated carbocycles. The fraction of sp³-hybridized carbons (Fsp3) is 0.714. The molecule has 0 spiro atoms. The third-order valence-corrected chi connectivity index (χ3v) is 7.64. The van der Waals surface area contributed by atoms with Gasteiger partial charge in [0.15, 0.2) is 0 Å². The molecule has 0 unspecified atom stereocenters. The molecule has 31 heavy (non-hydrogen) atoms. The van der Waals surface area contributed by atoms with Crippen LogP contribution in [-0.2, 0) is 16.2 Å². The molecule has 10 heteroatoms. The predicted molar refractivity (Wildman–Crippen MR) is 114 cm³/mol. The van der Waals surface area contributed by atoms with Crippen LogP contribution in [0.1, 0.15) is 38.2 Å². The number of halogens is 3. The summed E-state index contributed by atoms with van der Waals surface area (Å²) in [6.07, 6.45) is -1.01. The number of unbranched alkanes of at least 4 members (excludes halogenated alkanes) is 3. The van der Waals surface area contributed by atoms with E-state index in [9.17, 15) is 21.6 Å². The fourth-order valence-electron chi connectivity index (χ4n) is 3.79. The van der Waals surface area contributed by atoms with Crippen molar-refractivity contribution in [1.82, 2.24) is 14.1 Å². The Labute approximate surface area is 183 Å². The summed E-state index contributed by atoms with van der Waals surface area (Å²) in [5.74, 6) is 0. The average Bonchev–Trinajstić information content (AvgIpc) is 2.74. The maximum Gasteiger partial charge on any atom is 0.416 e. The van der Waals surface area contributed by atoms with Gasteiger partial charge in [-0.1, -0.05) is 25.8 Å². The SMILES string of the molecule is CCN(CCCCCCN1CCN(CCO)CC1)S(=O)(=O)c1cccc(C(F)(F)F)c1. The molecule has 2 rings (SSSR count). The second-order valence-corrected chi connectivity index (χ2v) is 9.78. The first-order valence-corrected chi connectivity index (χ1v) is 12.4. The highest BCUT2D eigenvalue weighted by Gasteiger charge is 2.32. The minimum atomic E-state index is -4.58. The summed E-state index contributed by atoms with van der Waals surface area (Å²) in [6, 6.07) is 3.93. The molecule has 1 aromatic carbocycles. The van der Waals surface area contributed by atoms with Crippen molar-refractivity contribution in [3.05, 3.63) is 29.8 Å². The number of β-amino-alcohol motifs (C(OH)–C–C–N with tert-alkyl or cyclic N) is 1. The highest BCUT2D eigenvalue weighted by molar-refractivity contribution is 7.89. The van der Waals surface area contributed by atoms with Crippen molar-refractivity contribution in [1.29, 1.82) is 0 Å². The van der Waals surface area contributed by atoms with Gasteiger partial charge in [0, 0.05) is 45.8 Å². The number of hydrogen-bond acceptors (Lipinski definition) is 5. The number of hydrogen-bond donors (Lipinski definition) is 1.